The van der Waals surface area contributed by atoms with Crippen molar-refractivity contribution in [3.63, 3.8) is 0 Å². The Hall–Kier alpha value is -3.85. The van der Waals surface area contributed by atoms with E-state index in [1.807, 2.05) is 115 Å². The van der Waals surface area contributed by atoms with Crippen molar-refractivity contribution in [2.45, 2.75) is 0 Å². The molecule has 0 spiro atoms. The Morgan fingerprint density at radius 2 is 0.964 bits per heavy atom. The second-order valence-corrected chi connectivity index (χ2v) is 6.38. The van der Waals surface area contributed by atoms with Crippen LogP contribution < -0.4 is 10.2 Å². The molecule has 0 unspecified atom stereocenters. The molecule has 0 heterocycles. The molecule has 0 bridgehead atoms. The number of hydrogen-bond donors (Lipinski definition) is 1. The van der Waals surface area contributed by atoms with Gasteiger partial charge in [0.25, 0.3) is 5.91 Å². The van der Waals surface area contributed by atoms with Gasteiger partial charge in [0.2, 0.25) is 0 Å². The summed E-state index contributed by atoms with van der Waals surface area (Å²) in [4.78, 5) is 15.1. The molecule has 0 aliphatic carbocycles. The molecule has 0 fully saturated rings. The standard InChI is InChI=1S/C25H20N2O/c28-25(20-16-18-22(19-17-20)26-21-10-4-1-5-11-21)27(23-12-6-2-7-13-23)24-14-8-3-9-15-24/h1-19,26H. The number of para-hydroxylation sites is 3. The fourth-order valence-corrected chi connectivity index (χ4v) is 3.05. The maximum Gasteiger partial charge on any atom is 0.262 e. The van der Waals surface area contributed by atoms with Gasteiger partial charge in [0, 0.05) is 28.3 Å². The van der Waals surface area contributed by atoms with Gasteiger partial charge in [-0.3, -0.25) is 9.69 Å². The molecule has 4 rings (SSSR count). The zero-order valence-corrected chi connectivity index (χ0v) is 15.3. The number of rotatable bonds is 5. The summed E-state index contributed by atoms with van der Waals surface area (Å²) in [6.45, 7) is 0. The molecular weight excluding hydrogens is 344 g/mol. The molecule has 0 atom stereocenters. The Morgan fingerprint density at radius 3 is 1.46 bits per heavy atom. The molecular formula is C25H20N2O. The van der Waals surface area contributed by atoms with E-state index in [2.05, 4.69) is 5.32 Å². The van der Waals surface area contributed by atoms with E-state index < -0.39 is 0 Å². The van der Waals surface area contributed by atoms with Crippen LogP contribution >= 0.6 is 0 Å². The largest absolute Gasteiger partial charge is 0.356 e. The molecule has 136 valence electrons. The summed E-state index contributed by atoms with van der Waals surface area (Å²) in [6, 6.07) is 36.9. The first-order valence-corrected chi connectivity index (χ1v) is 9.18. The molecule has 0 saturated heterocycles. The molecule has 0 aliphatic heterocycles. The second kappa shape index (κ2) is 8.23. The quantitative estimate of drug-likeness (QED) is 0.444. The highest BCUT2D eigenvalue weighted by atomic mass is 16.2. The van der Waals surface area contributed by atoms with Crippen molar-refractivity contribution in [1.82, 2.24) is 0 Å². The molecule has 1 amide bonds. The zero-order valence-electron chi connectivity index (χ0n) is 15.3. The van der Waals surface area contributed by atoms with Crippen LogP contribution in [-0.2, 0) is 0 Å². The average molecular weight is 364 g/mol. The number of nitrogens with zero attached hydrogens (tertiary/aromatic N) is 1. The lowest BCUT2D eigenvalue weighted by Gasteiger charge is -2.23. The van der Waals surface area contributed by atoms with E-state index in [9.17, 15) is 4.79 Å². The van der Waals surface area contributed by atoms with Crippen LogP contribution in [0.5, 0.6) is 0 Å². The van der Waals surface area contributed by atoms with Crippen molar-refractivity contribution in [2.24, 2.45) is 0 Å². The number of hydrogen-bond acceptors (Lipinski definition) is 2. The summed E-state index contributed by atoms with van der Waals surface area (Å²) in [6.07, 6.45) is 0. The van der Waals surface area contributed by atoms with Gasteiger partial charge in [0.05, 0.1) is 0 Å². The van der Waals surface area contributed by atoms with Crippen molar-refractivity contribution < 1.29 is 4.79 Å². The number of benzene rings is 4. The third kappa shape index (κ3) is 3.94. The molecule has 0 aliphatic rings. The molecule has 3 nitrogen and oxygen atoms in total. The van der Waals surface area contributed by atoms with Gasteiger partial charge in [-0.1, -0.05) is 54.6 Å². The second-order valence-electron chi connectivity index (χ2n) is 6.38. The Bertz CT molecular complexity index is 991. The van der Waals surface area contributed by atoms with Crippen molar-refractivity contribution in [2.75, 3.05) is 10.2 Å². The average Bonchev–Trinajstić information content (AvgIpc) is 2.77. The number of anilines is 4. The fourth-order valence-electron chi connectivity index (χ4n) is 3.05. The summed E-state index contributed by atoms with van der Waals surface area (Å²) in [5.74, 6) is -0.0661. The topological polar surface area (TPSA) is 32.3 Å². The minimum atomic E-state index is -0.0661. The molecule has 3 heteroatoms. The minimum Gasteiger partial charge on any atom is -0.356 e. The minimum absolute atomic E-state index is 0.0661. The van der Waals surface area contributed by atoms with Gasteiger partial charge in [-0.15, -0.1) is 0 Å². The van der Waals surface area contributed by atoms with Crippen LogP contribution in [0.15, 0.2) is 115 Å². The number of amides is 1. The van der Waals surface area contributed by atoms with Gasteiger partial charge >= 0.3 is 0 Å². The van der Waals surface area contributed by atoms with Gasteiger partial charge < -0.3 is 5.32 Å². The van der Waals surface area contributed by atoms with Gasteiger partial charge in [-0.05, 0) is 60.7 Å². The van der Waals surface area contributed by atoms with Crippen molar-refractivity contribution in [1.29, 1.82) is 0 Å². The number of carbonyl (C=O) groups is 1. The van der Waals surface area contributed by atoms with E-state index >= 15 is 0 Å². The highest BCUT2D eigenvalue weighted by molar-refractivity contribution is 6.11. The molecule has 28 heavy (non-hydrogen) atoms. The maximum absolute atomic E-state index is 13.3. The molecule has 0 saturated carbocycles. The fraction of sp³-hybridized carbons (Fsp3) is 0. The van der Waals surface area contributed by atoms with Gasteiger partial charge in [0.1, 0.15) is 0 Å². The smallest absolute Gasteiger partial charge is 0.262 e. The van der Waals surface area contributed by atoms with Gasteiger partial charge in [-0.25, -0.2) is 0 Å². The summed E-state index contributed by atoms with van der Waals surface area (Å²) >= 11 is 0. The monoisotopic (exact) mass is 364 g/mol. The number of nitrogens with one attached hydrogen (secondary N) is 1. The molecule has 1 N–H and O–H groups in total. The normalized spacial score (nSPS) is 10.3. The zero-order chi connectivity index (χ0) is 19.2. The van der Waals surface area contributed by atoms with Crippen LogP contribution in [-0.4, -0.2) is 5.91 Å². The third-order valence-corrected chi connectivity index (χ3v) is 4.43. The van der Waals surface area contributed by atoms with E-state index in [-0.39, 0.29) is 5.91 Å². The van der Waals surface area contributed by atoms with E-state index in [0.717, 1.165) is 22.7 Å². The van der Waals surface area contributed by atoms with E-state index in [0.29, 0.717) is 5.56 Å². The molecule has 0 aromatic heterocycles. The molecule has 4 aromatic rings. The van der Waals surface area contributed by atoms with Gasteiger partial charge in [-0.2, -0.15) is 0 Å². The summed E-state index contributed by atoms with van der Waals surface area (Å²) in [5.41, 5.74) is 4.26. The first kappa shape index (κ1) is 17.6. The van der Waals surface area contributed by atoms with Crippen LogP contribution in [0.4, 0.5) is 22.7 Å². The highest BCUT2D eigenvalue weighted by Gasteiger charge is 2.19. The van der Waals surface area contributed by atoms with E-state index in [1.165, 1.54) is 0 Å². The summed E-state index contributed by atoms with van der Waals surface area (Å²) in [5, 5.41) is 3.34. The lowest BCUT2D eigenvalue weighted by atomic mass is 10.1. The molecule has 0 radical (unpaired) electrons. The summed E-state index contributed by atoms with van der Waals surface area (Å²) < 4.78 is 0. The van der Waals surface area contributed by atoms with E-state index in [1.54, 1.807) is 4.90 Å². The SMILES string of the molecule is O=C(c1ccc(Nc2ccccc2)cc1)N(c1ccccc1)c1ccccc1. The first-order chi connectivity index (χ1) is 13.8. The highest BCUT2D eigenvalue weighted by Crippen LogP contribution is 2.27. The Morgan fingerprint density at radius 1 is 0.536 bits per heavy atom. The Balaban J connectivity index is 1.62. The first-order valence-electron chi connectivity index (χ1n) is 9.18. The van der Waals surface area contributed by atoms with Crippen molar-refractivity contribution in [3.8, 4) is 0 Å². The molecule has 4 aromatic carbocycles. The predicted octanol–water partition coefficient (Wildman–Crippen LogP) is 6.41. The maximum atomic E-state index is 13.3. The third-order valence-electron chi connectivity index (χ3n) is 4.43. The van der Waals surface area contributed by atoms with Crippen LogP contribution in [0.25, 0.3) is 0 Å². The van der Waals surface area contributed by atoms with Crippen LogP contribution in [0.3, 0.4) is 0 Å². The van der Waals surface area contributed by atoms with Crippen LogP contribution in [0.1, 0.15) is 10.4 Å². The number of carbonyl (C=O) groups excluding carboxylic acids is 1. The lowest BCUT2D eigenvalue weighted by molar-refractivity contribution is 0.0999. The van der Waals surface area contributed by atoms with Crippen molar-refractivity contribution in [3.05, 3.63) is 121 Å². The van der Waals surface area contributed by atoms with Crippen LogP contribution in [0.2, 0.25) is 0 Å². The lowest BCUT2D eigenvalue weighted by Crippen LogP contribution is -2.25. The van der Waals surface area contributed by atoms with Crippen LogP contribution in [0, 0.1) is 0 Å². The van der Waals surface area contributed by atoms with Gasteiger partial charge in [0.15, 0.2) is 0 Å². The van der Waals surface area contributed by atoms with Crippen molar-refractivity contribution >= 4 is 28.7 Å². The summed E-state index contributed by atoms with van der Waals surface area (Å²) in [7, 11) is 0. The predicted molar refractivity (Wildman–Crippen MR) is 116 cm³/mol. The van der Waals surface area contributed by atoms with E-state index in [4.69, 9.17) is 0 Å². The Kier molecular flexibility index (Phi) is 5.16. The Labute approximate surface area is 164 Å².